The molecule has 0 bridgehead atoms. The van der Waals surface area contributed by atoms with Gasteiger partial charge in [-0.15, -0.1) is 0 Å². The molecule has 1 aliphatic rings. The highest BCUT2D eigenvalue weighted by atomic mass is 32.2. The minimum atomic E-state index is -0.168. The van der Waals surface area contributed by atoms with E-state index < -0.39 is 0 Å². The van der Waals surface area contributed by atoms with Crippen LogP contribution < -0.4 is 5.73 Å². The van der Waals surface area contributed by atoms with Crippen molar-refractivity contribution in [3.05, 3.63) is 29.6 Å². The van der Waals surface area contributed by atoms with Crippen LogP contribution in [0.15, 0.2) is 18.2 Å². The lowest BCUT2D eigenvalue weighted by Crippen LogP contribution is -2.00. The number of nitrogens with two attached hydrogens (primary N) is 1. The zero-order valence-corrected chi connectivity index (χ0v) is 10.2. The number of hydrogen-bond donors (Lipinski definition) is 1. The van der Waals surface area contributed by atoms with Crippen LogP contribution in [-0.2, 0) is 5.75 Å². The maximum absolute atomic E-state index is 13.5. The van der Waals surface area contributed by atoms with Crippen LogP contribution >= 0.6 is 11.8 Å². The molecule has 1 fully saturated rings. The third-order valence-corrected chi connectivity index (χ3v) is 4.43. The predicted octanol–water partition coefficient (Wildman–Crippen LogP) is 3.83. The first kappa shape index (κ1) is 11.8. The van der Waals surface area contributed by atoms with Crippen LogP contribution in [0.3, 0.4) is 0 Å². The van der Waals surface area contributed by atoms with Crippen molar-refractivity contribution in [1.82, 2.24) is 0 Å². The van der Waals surface area contributed by atoms with E-state index in [1.807, 2.05) is 11.8 Å². The van der Waals surface area contributed by atoms with E-state index >= 15 is 0 Å². The Bertz CT molecular complexity index is 328. The molecule has 0 aliphatic heterocycles. The average molecular weight is 239 g/mol. The van der Waals surface area contributed by atoms with Crippen LogP contribution in [0.25, 0.3) is 0 Å². The lowest BCUT2D eigenvalue weighted by Gasteiger charge is -2.10. The van der Waals surface area contributed by atoms with E-state index in [4.69, 9.17) is 5.73 Å². The van der Waals surface area contributed by atoms with Crippen molar-refractivity contribution in [1.29, 1.82) is 0 Å². The number of halogens is 1. The van der Waals surface area contributed by atoms with Gasteiger partial charge in [0.15, 0.2) is 0 Å². The fourth-order valence-electron chi connectivity index (χ4n) is 2.23. The molecule has 0 aromatic heterocycles. The smallest absolute Gasteiger partial charge is 0.129 e. The molecular formula is C13H18FNS. The van der Waals surface area contributed by atoms with E-state index in [-0.39, 0.29) is 5.82 Å². The maximum atomic E-state index is 13.5. The first-order valence-corrected chi connectivity index (χ1v) is 7.03. The van der Waals surface area contributed by atoms with E-state index in [0.29, 0.717) is 17.0 Å². The summed E-state index contributed by atoms with van der Waals surface area (Å²) in [5, 5.41) is 0. The highest BCUT2D eigenvalue weighted by Gasteiger charge is 2.15. The van der Waals surface area contributed by atoms with Gasteiger partial charge in [-0.25, -0.2) is 4.39 Å². The number of anilines is 1. The number of thioether (sulfide) groups is 1. The van der Waals surface area contributed by atoms with Crippen LogP contribution in [0.1, 0.15) is 31.2 Å². The summed E-state index contributed by atoms with van der Waals surface area (Å²) in [6.07, 6.45) is 5.43. The van der Waals surface area contributed by atoms with E-state index in [1.54, 1.807) is 12.1 Å². The van der Waals surface area contributed by atoms with Gasteiger partial charge in [-0.3, -0.25) is 0 Å². The molecule has 2 N–H and O–H groups in total. The molecule has 1 nitrogen and oxygen atoms in total. The van der Waals surface area contributed by atoms with E-state index in [0.717, 1.165) is 11.7 Å². The molecule has 3 heteroatoms. The first-order valence-electron chi connectivity index (χ1n) is 5.88. The Balaban J connectivity index is 1.84. The number of rotatable bonds is 4. The average Bonchev–Trinajstić information content (AvgIpc) is 2.75. The van der Waals surface area contributed by atoms with Crippen molar-refractivity contribution in [2.45, 2.75) is 31.4 Å². The van der Waals surface area contributed by atoms with Crippen LogP contribution in [0, 0.1) is 11.7 Å². The summed E-state index contributed by atoms with van der Waals surface area (Å²) in [6.45, 7) is 0. The lowest BCUT2D eigenvalue weighted by molar-refractivity contribution is 0.615. The van der Waals surface area contributed by atoms with Crippen molar-refractivity contribution in [2.24, 2.45) is 5.92 Å². The molecular weight excluding hydrogens is 221 g/mol. The van der Waals surface area contributed by atoms with E-state index in [9.17, 15) is 4.39 Å². The summed E-state index contributed by atoms with van der Waals surface area (Å²) >= 11 is 1.81. The summed E-state index contributed by atoms with van der Waals surface area (Å²) in [5.74, 6) is 2.53. The SMILES string of the molecule is Nc1cccc(F)c1CSCC1CCCC1. The van der Waals surface area contributed by atoms with Gasteiger partial charge in [0.05, 0.1) is 0 Å². The Morgan fingerprint density at radius 1 is 1.31 bits per heavy atom. The van der Waals surface area contributed by atoms with Crippen LogP contribution in [-0.4, -0.2) is 5.75 Å². The Morgan fingerprint density at radius 2 is 2.06 bits per heavy atom. The Hall–Kier alpha value is -0.700. The van der Waals surface area contributed by atoms with Crippen molar-refractivity contribution in [3.63, 3.8) is 0 Å². The standard InChI is InChI=1S/C13H18FNS/c14-12-6-3-7-13(15)11(12)9-16-8-10-4-1-2-5-10/h3,6-7,10H,1-2,4-5,8-9,15H2. The zero-order chi connectivity index (χ0) is 11.4. The molecule has 0 spiro atoms. The minimum Gasteiger partial charge on any atom is -0.398 e. The monoisotopic (exact) mass is 239 g/mol. The second-order valence-electron chi connectivity index (χ2n) is 4.47. The van der Waals surface area contributed by atoms with Gasteiger partial charge in [-0.1, -0.05) is 18.9 Å². The van der Waals surface area contributed by atoms with Crippen LogP contribution in [0.4, 0.5) is 10.1 Å². The lowest BCUT2D eigenvalue weighted by atomic mass is 10.1. The molecule has 1 aliphatic carbocycles. The molecule has 0 unspecified atom stereocenters. The summed E-state index contributed by atoms with van der Waals surface area (Å²) < 4.78 is 13.5. The van der Waals surface area contributed by atoms with Gasteiger partial charge < -0.3 is 5.73 Å². The summed E-state index contributed by atoms with van der Waals surface area (Å²) in [4.78, 5) is 0. The molecule has 0 atom stereocenters. The molecule has 1 aromatic carbocycles. The van der Waals surface area contributed by atoms with Crippen molar-refractivity contribution < 1.29 is 4.39 Å². The summed E-state index contributed by atoms with van der Waals surface area (Å²) in [7, 11) is 0. The molecule has 1 aromatic rings. The van der Waals surface area contributed by atoms with Gasteiger partial charge in [0.2, 0.25) is 0 Å². The maximum Gasteiger partial charge on any atom is 0.129 e. The van der Waals surface area contributed by atoms with Crippen molar-refractivity contribution >= 4 is 17.4 Å². The highest BCUT2D eigenvalue weighted by molar-refractivity contribution is 7.98. The second-order valence-corrected chi connectivity index (χ2v) is 5.50. The molecule has 0 saturated heterocycles. The van der Waals surface area contributed by atoms with Crippen LogP contribution in [0.5, 0.6) is 0 Å². The molecule has 1 saturated carbocycles. The molecule has 0 amide bonds. The zero-order valence-electron chi connectivity index (χ0n) is 9.42. The van der Waals surface area contributed by atoms with E-state index in [2.05, 4.69) is 0 Å². The highest BCUT2D eigenvalue weighted by Crippen LogP contribution is 2.30. The number of nitrogen functional groups attached to an aromatic ring is 1. The van der Waals surface area contributed by atoms with Gasteiger partial charge in [-0.05, 0) is 36.6 Å². The fraction of sp³-hybridized carbons (Fsp3) is 0.538. The topological polar surface area (TPSA) is 26.0 Å². The molecule has 88 valence electrons. The van der Waals surface area contributed by atoms with Crippen LogP contribution in [0.2, 0.25) is 0 Å². The van der Waals surface area contributed by atoms with Gasteiger partial charge in [0.25, 0.3) is 0 Å². The molecule has 0 heterocycles. The number of hydrogen-bond acceptors (Lipinski definition) is 2. The van der Waals surface area contributed by atoms with Crippen molar-refractivity contribution in [2.75, 3.05) is 11.5 Å². The summed E-state index contributed by atoms with van der Waals surface area (Å²) in [5.41, 5.74) is 7.02. The van der Waals surface area contributed by atoms with E-state index in [1.165, 1.54) is 31.7 Å². The van der Waals surface area contributed by atoms with Crippen molar-refractivity contribution in [3.8, 4) is 0 Å². The Morgan fingerprint density at radius 3 is 2.75 bits per heavy atom. The molecule has 0 radical (unpaired) electrons. The number of benzene rings is 1. The Kier molecular flexibility index (Phi) is 4.10. The normalized spacial score (nSPS) is 16.8. The fourth-order valence-corrected chi connectivity index (χ4v) is 3.53. The minimum absolute atomic E-state index is 0.168. The summed E-state index contributed by atoms with van der Waals surface area (Å²) in [6, 6.07) is 4.92. The second kappa shape index (κ2) is 5.58. The molecule has 2 rings (SSSR count). The first-order chi connectivity index (χ1) is 7.77. The van der Waals surface area contributed by atoms with Gasteiger partial charge in [0, 0.05) is 17.0 Å². The van der Waals surface area contributed by atoms with Gasteiger partial charge in [-0.2, -0.15) is 11.8 Å². The molecule has 16 heavy (non-hydrogen) atoms. The largest absolute Gasteiger partial charge is 0.398 e. The van der Waals surface area contributed by atoms with Gasteiger partial charge >= 0.3 is 0 Å². The third kappa shape index (κ3) is 2.91. The van der Waals surface area contributed by atoms with Gasteiger partial charge in [0.1, 0.15) is 5.82 Å². The predicted molar refractivity (Wildman–Crippen MR) is 68.9 cm³/mol. The quantitative estimate of drug-likeness (QED) is 0.808. The Labute approximate surface area is 101 Å². The third-order valence-electron chi connectivity index (χ3n) is 3.23.